The van der Waals surface area contributed by atoms with Crippen molar-refractivity contribution in [2.75, 3.05) is 13.7 Å². The summed E-state index contributed by atoms with van der Waals surface area (Å²) in [5, 5.41) is 0. The van der Waals surface area contributed by atoms with Gasteiger partial charge in [0.15, 0.2) is 11.5 Å². The van der Waals surface area contributed by atoms with Crippen LogP contribution in [-0.4, -0.2) is 13.7 Å². The van der Waals surface area contributed by atoms with Gasteiger partial charge in [0.2, 0.25) is 0 Å². The summed E-state index contributed by atoms with van der Waals surface area (Å²) < 4.78 is 11.1. The lowest BCUT2D eigenvalue weighted by molar-refractivity contribution is 0.258. The molecule has 2 N–H and O–H groups in total. The van der Waals surface area contributed by atoms with Gasteiger partial charge in [-0.05, 0) is 30.0 Å². The maximum Gasteiger partial charge on any atom is 0.161 e. The zero-order valence-electron chi connectivity index (χ0n) is 12.7. The standard InChI is InChI=1S/C18H23NO2/c1-14(18(19)15-8-4-3-5-9-15)12-13-21-17-11-7-6-10-16(17)20-2/h3-11,14,18H,12-13,19H2,1-2H3. The van der Waals surface area contributed by atoms with Crippen LogP contribution in [0.25, 0.3) is 0 Å². The van der Waals surface area contributed by atoms with Crippen LogP contribution in [0, 0.1) is 5.92 Å². The second kappa shape index (κ2) is 7.70. The summed E-state index contributed by atoms with van der Waals surface area (Å²) >= 11 is 0. The van der Waals surface area contributed by atoms with Gasteiger partial charge in [-0.1, -0.05) is 49.4 Å². The summed E-state index contributed by atoms with van der Waals surface area (Å²) in [6.45, 7) is 2.78. The molecule has 0 fully saturated rings. The molecule has 0 radical (unpaired) electrons. The molecule has 2 unspecified atom stereocenters. The van der Waals surface area contributed by atoms with Crippen molar-refractivity contribution >= 4 is 0 Å². The zero-order chi connectivity index (χ0) is 15.1. The van der Waals surface area contributed by atoms with Crippen molar-refractivity contribution in [3.63, 3.8) is 0 Å². The van der Waals surface area contributed by atoms with Gasteiger partial charge in [-0.15, -0.1) is 0 Å². The SMILES string of the molecule is COc1ccccc1OCCC(C)C(N)c1ccccc1. The molecule has 3 nitrogen and oxygen atoms in total. The van der Waals surface area contributed by atoms with E-state index in [2.05, 4.69) is 19.1 Å². The smallest absolute Gasteiger partial charge is 0.161 e. The van der Waals surface area contributed by atoms with Crippen LogP contribution >= 0.6 is 0 Å². The van der Waals surface area contributed by atoms with Gasteiger partial charge in [0, 0.05) is 6.04 Å². The molecule has 0 aliphatic heterocycles. The van der Waals surface area contributed by atoms with Crippen molar-refractivity contribution in [3.8, 4) is 11.5 Å². The Kier molecular flexibility index (Phi) is 5.64. The number of ether oxygens (including phenoxy) is 2. The Morgan fingerprint density at radius 1 is 0.952 bits per heavy atom. The minimum Gasteiger partial charge on any atom is -0.493 e. The number of hydrogen-bond acceptors (Lipinski definition) is 3. The van der Waals surface area contributed by atoms with Crippen LogP contribution in [0.3, 0.4) is 0 Å². The highest BCUT2D eigenvalue weighted by molar-refractivity contribution is 5.39. The van der Waals surface area contributed by atoms with Crippen molar-refractivity contribution < 1.29 is 9.47 Å². The van der Waals surface area contributed by atoms with E-state index in [0.717, 1.165) is 17.9 Å². The molecule has 0 aliphatic rings. The molecule has 0 bridgehead atoms. The van der Waals surface area contributed by atoms with Gasteiger partial charge in [-0.2, -0.15) is 0 Å². The Morgan fingerprint density at radius 2 is 1.57 bits per heavy atom. The number of benzene rings is 2. The third kappa shape index (κ3) is 4.23. The van der Waals surface area contributed by atoms with Crippen molar-refractivity contribution in [2.24, 2.45) is 11.7 Å². The Hall–Kier alpha value is -2.00. The molecule has 21 heavy (non-hydrogen) atoms. The predicted molar refractivity (Wildman–Crippen MR) is 85.6 cm³/mol. The van der Waals surface area contributed by atoms with Gasteiger partial charge in [0.1, 0.15) is 0 Å². The zero-order valence-corrected chi connectivity index (χ0v) is 12.7. The van der Waals surface area contributed by atoms with Gasteiger partial charge in [0.25, 0.3) is 0 Å². The van der Waals surface area contributed by atoms with Gasteiger partial charge in [0.05, 0.1) is 13.7 Å². The molecular weight excluding hydrogens is 262 g/mol. The molecule has 2 aromatic carbocycles. The van der Waals surface area contributed by atoms with Crippen LogP contribution in [0.4, 0.5) is 0 Å². The highest BCUT2D eigenvalue weighted by atomic mass is 16.5. The summed E-state index contributed by atoms with van der Waals surface area (Å²) in [6, 6.07) is 17.9. The molecule has 0 spiro atoms. The average Bonchev–Trinajstić information content (AvgIpc) is 2.55. The first-order valence-corrected chi connectivity index (χ1v) is 7.28. The number of hydrogen-bond donors (Lipinski definition) is 1. The van der Waals surface area contributed by atoms with Crippen LogP contribution in [0.15, 0.2) is 54.6 Å². The lowest BCUT2D eigenvalue weighted by Gasteiger charge is -2.20. The van der Waals surface area contributed by atoms with Gasteiger partial charge in [-0.25, -0.2) is 0 Å². The van der Waals surface area contributed by atoms with Crippen LogP contribution in [-0.2, 0) is 0 Å². The number of nitrogens with two attached hydrogens (primary N) is 1. The Morgan fingerprint density at radius 3 is 2.24 bits per heavy atom. The van der Waals surface area contributed by atoms with E-state index in [4.69, 9.17) is 15.2 Å². The largest absolute Gasteiger partial charge is 0.493 e. The van der Waals surface area contributed by atoms with Crippen LogP contribution in [0.5, 0.6) is 11.5 Å². The van der Waals surface area contributed by atoms with Crippen molar-refractivity contribution in [3.05, 3.63) is 60.2 Å². The van der Waals surface area contributed by atoms with Gasteiger partial charge >= 0.3 is 0 Å². The highest BCUT2D eigenvalue weighted by Crippen LogP contribution is 2.27. The monoisotopic (exact) mass is 285 g/mol. The Balaban J connectivity index is 1.85. The molecule has 0 saturated carbocycles. The molecule has 0 amide bonds. The molecule has 2 atom stereocenters. The Bertz CT molecular complexity index is 542. The number of methoxy groups -OCH3 is 1. The topological polar surface area (TPSA) is 44.5 Å². The third-order valence-corrected chi connectivity index (χ3v) is 3.70. The van der Waals surface area contributed by atoms with E-state index in [1.54, 1.807) is 7.11 Å². The molecule has 2 aromatic rings. The van der Waals surface area contributed by atoms with Crippen molar-refractivity contribution in [2.45, 2.75) is 19.4 Å². The Labute approximate surface area is 126 Å². The van der Waals surface area contributed by atoms with Gasteiger partial charge in [-0.3, -0.25) is 0 Å². The van der Waals surface area contributed by atoms with E-state index < -0.39 is 0 Å². The van der Waals surface area contributed by atoms with Crippen LogP contribution in [0.2, 0.25) is 0 Å². The molecule has 0 saturated heterocycles. The molecule has 3 heteroatoms. The minimum atomic E-state index is 0.0347. The van der Waals surface area contributed by atoms with Crippen molar-refractivity contribution in [1.82, 2.24) is 0 Å². The first-order chi connectivity index (χ1) is 10.2. The van der Waals surface area contributed by atoms with Crippen LogP contribution in [0.1, 0.15) is 24.9 Å². The number of rotatable bonds is 7. The second-order valence-corrected chi connectivity index (χ2v) is 5.20. The maximum absolute atomic E-state index is 6.29. The lowest BCUT2D eigenvalue weighted by Crippen LogP contribution is -2.21. The summed E-state index contributed by atoms with van der Waals surface area (Å²) in [6.07, 6.45) is 0.897. The maximum atomic E-state index is 6.29. The molecule has 0 aromatic heterocycles. The average molecular weight is 285 g/mol. The third-order valence-electron chi connectivity index (χ3n) is 3.70. The molecule has 112 valence electrons. The van der Waals surface area contributed by atoms with Crippen molar-refractivity contribution in [1.29, 1.82) is 0 Å². The normalized spacial score (nSPS) is 13.5. The van der Waals surface area contributed by atoms with E-state index in [0.29, 0.717) is 12.5 Å². The van der Waals surface area contributed by atoms with E-state index in [1.807, 2.05) is 42.5 Å². The molecular formula is C18H23NO2. The summed E-state index contributed by atoms with van der Waals surface area (Å²) in [7, 11) is 1.65. The first kappa shape index (κ1) is 15.4. The highest BCUT2D eigenvalue weighted by Gasteiger charge is 2.15. The number of para-hydroxylation sites is 2. The quantitative estimate of drug-likeness (QED) is 0.841. The first-order valence-electron chi connectivity index (χ1n) is 7.28. The molecule has 0 heterocycles. The summed E-state index contributed by atoms with van der Waals surface area (Å²) in [5.74, 6) is 1.89. The summed E-state index contributed by atoms with van der Waals surface area (Å²) in [4.78, 5) is 0. The summed E-state index contributed by atoms with van der Waals surface area (Å²) in [5.41, 5.74) is 7.46. The molecule has 0 aliphatic carbocycles. The lowest BCUT2D eigenvalue weighted by atomic mass is 9.93. The minimum absolute atomic E-state index is 0.0347. The van der Waals surface area contributed by atoms with E-state index in [9.17, 15) is 0 Å². The predicted octanol–water partition coefficient (Wildman–Crippen LogP) is 3.80. The van der Waals surface area contributed by atoms with E-state index in [-0.39, 0.29) is 6.04 Å². The fourth-order valence-corrected chi connectivity index (χ4v) is 2.28. The van der Waals surface area contributed by atoms with E-state index >= 15 is 0 Å². The molecule has 2 rings (SSSR count). The van der Waals surface area contributed by atoms with Crippen LogP contribution < -0.4 is 15.2 Å². The fraction of sp³-hybridized carbons (Fsp3) is 0.333. The van der Waals surface area contributed by atoms with E-state index in [1.165, 1.54) is 5.56 Å². The fourth-order valence-electron chi connectivity index (χ4n) is 2.28. The second-order valence-electron chi connectivity index (χ2n) is 5.20. The van der Waals surface area contributed by atoms with Gasteiger partial charge < -0.3 is 15.2 Å².